The lowest BCUT2D eigenvalue weighted by molar-refractivity contribution is -0.432. The van der Waals surface area contributed by atoms with Crippen LogP contribution >= 0.6 is 0 Å². The molecule has 22 heavy (non-hydrogen) atoms. The van der Waals surface area contributed by atoms with Crippen LogP contribution in [0.5, 0.6) is 0 Å². The highest BCUT2D eigenvalue weighted by atomic mass is 16.6. The smallest absolute Gasteiger partial charge is 0.358 e. The molecule has 0 heterocycles. The van der Waals surface area contributed by atoms with Crippen LogP contribution in [0.4, 0.5) is 0 Å². The first-order valence-electron chi connectivity index (χ1n) is 6.61. The largest absolute Gasteiger partial charge is 0.463 e. The Kier molecular flexibility index (Phi) is 6.25. The summed E-state index contributed by atoms with van der Waals surface area (Å²) in [6, 6.07) is 6.87. The number of benzene rings is 1. The minimum absolute atomic E-state index is 0.0200. The number of aryl methyl sites for hydroxylation is 1. The first-order chi connectivity index (χ1) is 10.3. The summed E-state index contributed by atoms with van der Waals surface area (Å²) in [5.74, 6) is -1.79. The van der Waals surface area contributed by atoms with E-state index in [1.165, 1.54) is 6.08 Å². The number of nitrogens with zero attached hydrogens (tertiary/aromatic N) is 1. The van der Waals surface area contributed by atoms with Gasteiger partial charge in [-0.25, -0.2) is 4.79 Å². The van der Waals surface area contributed by atoms with E-state index in [1.807, 2.05) is 6.92 Å². The Balaban J connectivity index is 3.22. The Morgan fingerprint density at radius 2 is 1.91 bits per heavy atom. The van der Waals surface area contributed by atoms with E-state index in [-0.39, 0.29) is 6.61 Å². The molecule has 0 saturated carbocycles. The highest BCUT2D eigenvalue weighted by molar-refractivity contribution is 5.82. The van der Waals surface area contributed by atoms with Crippen molar-refractivity contribution >= 4 is 18.0 Å². The molecule has 0 N–H and O–H groups in total. The van der Waals surface area contributed by atoms with Crippen LogP contribution in [0.25, 0.3) is 6.08 Å². The molecular weight excluding hydrogens is 290 g/mol. The molecule has 0 aromatic heterocycles. The summed E-state index contributed by atoms with van der Waals surface area (Å²) in [5.41, 5.74) is 0.943. The number of ether oxygens (including phenoxy) is 2. The fourth-order valence-corrected chi connectivity index (χ4v) is 1.67. The average molecular weight is 307 g/mol. The second-order valence-corrected chi connectivity index (χ2v) is 4.48. The van der Waals surface area contributed by atoms with Crippen molar-refractivity contribution in [2.24, 2.45) is 0 Å². The van der Waals surface area contributed by atoms with Crippen LogP contribution in [0.1, 0.15) is 25.0 Å². The standard InChI is InChI=1S/C15H17NO6/c1-4-21-15(18)14(22-11(3)17)13(16(19)20)9-12-7-5-10(2)6-8-12/h5-9,14H,4H2,1-3H3/b13-9+/t14-/m1/s1. The maximum absolute atomic E-state index is 11.8. The zero-order chi connectivity index (χ0) is 16.7. The number of hydrogen-bond donors (Lipinski definition) is 0. The van der Waals surface area contributed by atoms with E-state index in [9.17, 15) is 19.7 Å². The Labute approximate surface area is 127 Å². The minimum Gasteiger partial charge on any atom is -0.463 e. The van der Waals surface area contributed by atoms with E-state index in [2.05, 4.69) is 0 Å². The summed E-state index contributed by atoms with van der Waals surface area (Å²) in [4.78, 5) is 33.4. The molecular formula is C15H17NO6. The number of hydrogen-bond acceptors (Lipinski definition) is 6. The van der Waals surface area contributed by atoms with E-state index in [1.54, 1.807) is 31.2 Å². The van der Waals surface area contributed by atoms with Crippen LogP contribution in [-0.2, 0) is 19.1 Å². The normalized spacial score (nSPS) is 12.4. The molecule has 0 radical (unpaired) electrons. The Bertz CT molecular complexity index is 591. The zero-order valence-electron chi connectivity index (χ0n) is 12.6. The molecule has 0 aliphatic carbocycles. The quantitative estimate of drug-likeness (QED) is 0.453. The summed E-state index contributed by atoms with van der Waals surface area (Å²) in [6.07, 6.45) is -0.516. The first kappa shape index (κ1) is 17.4. The molecule has 7 heteroatoms. The predicted molar refractivity (Wildman–Crippen MR) is 78.3 cm³/mol. The van der Waals surface area contributed by atoms with Crippen molar-refractivity contribution in [2.75, 3.05) is 6.61 Å². The van der Waals surface area contributed by atoms with Crippen LogP contribution in [-0.4, -0.2) is 29.6 Å². The maximum atomic E-state index is 11.8. The van der Waals surface area contributed by atoms with Crippen LogP contribution in [0.3, 0.4) is 0 Å². The predicted octanol–water partition coefficient (Wildman–Crippen LogP) is 2.11. The van der Waals surface area contributed by atoms with Crippen molar-refractivity contribution in [3.8, 4) is 0 Å². The van der Waals surface area contributed by atoms with Crippen molar-refractivity contribution in [1.29, 1.82) is 0 Å². The van der Waals surface area contributed by atoms with E-state index < -0.39 is 28.7 Å². The van der Waals surface area contributed by atoms with Crippen LogP contribution in [0, 0.1) is 17.0 Å². The minimum atomic E-state index is -1.70. The molecule has 0 unspecified atom stereocenters. The lowest BCUT2D eigenvalue weighted by Crippen LogP contribution is -2.33. The van der Waals surface area contributed by atoms with E-state index in [0.29, 0.717) is 5.56 Å². The van der Waals surface area contributed by atoms with Crippen molar-refractivity contribution < 1.29 is 24.0 Å². The molecule has 1 aromatic rings. The van der Waals surface area contributed by atoms with Gasteiger partial charge in [-0.3, -0.25) is 14.9 Å². The van der Waals surface area contributed by atoms with Crippen LogP contribution in [0.2, 0.25) is 0 Å². The van der Waals surface area contributed by atoms with Gasteiger partial charge in [0.25, 0.3) is 11.8 Å². The number of rotatable bonds is 6. The van der Waals surface area contributed by atoms with E-state index in [0.717, 1.165) is 12.5 Å². The Morgan fingerprint density at radius 3 is 2.36 bits per heavy atom. The molecule has 0 fully saturated rings. The maximum Gasteiger partial charge on any atom is 0.358 e. The summed E-state index contributed by atoms with van der Waals surface area (Å²) in [6.45, 7) is 4.52. The molecule has 0 aliphatic heterocycles. The zero-order valence-corrected chi connectivity index (χ0v) is 12.6. The number of esters is 2. The number of carbonyl (C=O) groups is 2. The van der Waals surface area contributed by atoms with Gasteiger partial charge in [-0.2, -0.15) is 0 Å². The topological polar surface area (TPSA) is 95.7 Å². The van der Waals surface area contributed by atoms with Crippen molar-refractivity contribution in [3.05, 3.63) is 51.2 Å². The van der Waals surface area contributed by atoms with Crippen LogP contribution in [0.15, 0.2) is 30.0 Å². The van der Waals surface area contributed by atoms with E-state index in [4.69, 9.17) is 9.47 Å². The highest BCUT2D eigenvalue weighted by Gasteiger charge is 2.36. The molecule has 0 aliphatic rings. The van der Waals surface area contributed by atoms with Crippen molar-refractivity contribution in [2.45, 2.75) is 26.9 Å². The average Bonchev–Trinajstić information content (AvgIpc) is 2.44. The van der Waals surface area contributed by atoms with Gasteiger partial charge in [0.05, 0.1) is 11.5 Å². The Hall–Kier alpha value is -2.70. The van der Waals surface area contributed by atoms with Crippen molar-refractivity contribution in [1.82, 2.24) is 0 Å². The van der Waals surface area contributed by atoms with Gasteiger partial charge in [0.15, 0.2) is 0 Å². The molecule has 1 atom stereocenters. The van der Waals surface area contributed by atoms with Gasteiger partial charge in [-0.1, -0.05) is 29.8 Å². The summed E-state index contributed by atoms with van der Waals surface area (Å²) < 4.78 is 9.49. The Morgan fingerprint density at radius 1 is 1.32 bits per heavy atom. The SMILES string of the molecule is CCOC(=O)[C@H](OC(C)=O)/C(=C\c1ccc(C)cc1)[N+](=O)[O-]. The summed E-state index contributed by atoms with van der Waals surface area (Å²) >= 11 is 0. The van der Waals surface area contributed by atoms with Gasteiger partial charge in [-0.15, -0.1) is 0 Å². The molecule has 1 rings (SSSR count). The molecule has 0 spiro atoms. The molecule has 7 nitrogen and oxygen atoms in total. The number of carbonyl (C=O) groups excluding carboxylic acids is 2. The summed E-state index contributed by atoms with van der Waals surface area (Å²) in [5, 5.41) is 11.2. The van der Waals surface area contributed by atoms with E-state index >= 15 is 0 Å². The first-order valence-corrected chi connectivity index (χ1v) is 6.61. The van der Waals surface area contributed by atoms with Crippen LogP contribution < -0.4 is 0 Å². The molecule has 0 amide bonds. The van der Waals surface area contributed by atoms with Gasteiger partial charge in [-0.05, 0) is 19.4 Å². The lowest BCUT2D eigenvalue weighted by Gasteiger charge is -2.13. The van der Waals surface area contributed by atoms with Gasteiger partial charge in [0, 0.05) is 13.0 Å². The third-order valence-corrected chi connectivity index (χ3v) is 2.66. The molecule has 1 aromatic carbocycles. The van der Waals surface area contributed by atoms with Gasteiger partial charge < -0.3 is 9.47 Å². The third kappa shape index (κ3) is 5.01. The fourth-order valence-electron chi connectivity index (χ4n) is 1.67. The van der Waals surface area contributed by atoms with Gasteiger partial charge in [0.1, 0.15) is 0 Å². The second kappa shape index (κ2) is 7.92. The van der Waals surface area contributed by atoms with Crippen molar-refractivity contribution in [3.63, 3.8) is 0 Å². The highest BCUT2D eigenvalue weighted by Crippen LogP contribution is 2.16. The lowest BCUT2D eigenvalue weighted by atomic mass is 10.1. The van der Waals surface area contributed by atoms with Gasteiger partial charge in [0.2, 0.25) is 0 Å². The third-order valence-electron chi connectivity index (χ3n) is 2.66. The molecule has 0 saturated heterocycles. The number of nitro groups is 1. The monoisotopic (exact) mass is 307 g/mol. The second-order valence-electron chi connectivity index (χ2n) is 4.48. The fraction of sp³-hybridized carbons (Fsp3) is 0.333. The molecule has 0 bridgehead atoms. The summed E-state index contributed by atoms with van der Waals surface area (Å²) in [7, 11) is 0. The molecule has 118 valence electrons. The van der Waals surface area contributed by atoms with Gasteiger partial charge >= 0.3 is 11.9 Å².